The molecule has 9 nitrogen and oxygen atoms in total. The van der Waals surface area contributed by atoms with E-state index in [1.807, 2.05) is 38.1 Å². The van der Waals surface area contributed by atoms with E-state index in [2.05, 4.69) is 44.1 Å². The molecule has 3 amide bonds. The van der Waals surface area contributed by atoms with Crippen molar-refractivity contribution in [1.29, 1.82) is 0 Å². The summed E-state index contributed by atoms with van der Waals surface area (Å²) >= 11 is 0. The topological polar surface area (TPSA) is 93.7 Å². The summed E-state index contributed by atoms with van der Waals surface area (Å²) in [5, 5.41) is 8.40. The van der Waals surface area contributed by atoms with Gasteiger partial charge in [0, 0.05) is 18.3 Å². The zero-order valence-electron chi connectivity index (χ0n) is 22.3. The lowest BCUT2D eigenvalue weighted by Crippen LogP contribution is -2.43. The number of anilines is 1. The molecule has 2 aromatic heterocycles. The molecule has 0 aliphatic carbocycles. The Labute approximate surface area is 213 Å². The van der Waals surface area contributed by atoms with Gasteiger partial charge in [-0.3, -0.25) is 9.48 Å². The summed E-state index contributed by atoms with van der Waals surface area (Å²) in [6.07, 6.45) is 3.24. The van der Waals surface area contributed by atoms with Crippen LogP contribution in [-0.4, -0.2) is 46.1 Å². The first-order valence-corrected chi connectivity index (χ1v) is 15.1. The van der Waals surface area contributed by atoms with Crippen molar-refractivity contribution in [3.63, 3.8) is 0 Å². The number of amides is 3. The molecule has 1 aliphatic heterocycles. The maximum atomic E-state index is 13.4. The lowest BCUT2D eigenvalue weighted by molar-refractivity contribution is -0.119. The summed E-state index contributed by atoms with van der Waals surface area (Å²) in [7, 11) is -2.00. The Balaban J connectivity index is 1.50. The minimum Gasteiger partial charge on any atom is -0.543 e. The van der Waals surface area contributed by atoms with Crippen LogP contribution in [0.4, 0.5) is 10.5 Å². The summed E-state index contributed by atoms with van der Waals surface area (Å²) < 4.78 is 13.3. The van der Waals surface area contributed by atoms with E-state index in [9.17, 15) is 9.59 Å². The first kappa shape index (κ1) is 25.7. The van der Waals surface area contributed by atoms with Gasteiger partial charge in [0.25, 0.3) is 5.91 Å². The van der Waals surface area contributed by atoms with E-state index in [0.717, 1.165) is 28.3 Å². The first-order valence-electron chi connectivity index (χ1n) is 12.2. The maximum Gasteiger partial charge on any atom is 0.332 e. The molecule has 1 fully saturated rings. The SMILES string of the molecule is Cc1noc(C)c1Cn1cc(N2C(=O)C(C)N(Cc3cccc(O[Si](C)(C)C(C)(C)C)c3)C2=O)cn1. The number of carbonyl (C=O) groups is 2. The third kappa shape index (κ3) is 4.82. The highest BCUT2D eigenvalue weighted by Crippen LogP contribution is 2.37. The van der Waals surface area contributed by atoms with E-state index in [0.29, 0.717) is 18.8 Å². The normalized spacial score (nSPS) is 16.8. The van der Waals surface area contributed by atoms with E-state index in [1.165, 1.54) is 11.1 Å². The van der Waals surface area contributed by atoms with E-state index in [-0.39, 0.29) is 17.0 Å². The molecule has 3 heterocycles. The van der Waals surface area contributed by atoms with Crippen LogP contribution in [0, 0.1) is 13.8 Å². The van der Waals surface area contributed by atoms with Crippen LogP contribution in [0.2, 0.25) is 18.1 Å². The Bertz CT molecular complexity index is 1270. The molecule has 192 valence electrons. The zero-order chi connectivity index (χ0) is 26.4. The Hall–Kier alpha value is -3.40. The van der Waals surface area contributed by atoms with Crippen molar-refractivity contribution in [3.8, 4) is 5.75 Å². The molecule has 1 aliphatic rings. The van der Waals surface area contributed by atoms with Crippen LogP contribution in [0.5, 0.6) is 5.75 Å². The fourth-order valence-electron chi connectivity index (χ4n) is 3.95. The molecular weight excluding hydrogens is 474 g/mol. The molecule has 3 aromatic rings. The number of hydrogen-bond donors (Lipinski definition) is 0. The number of nitrogens with zero attached hydrogens (tertiary/aromatic N) is 5. The molecule has 1 saturated heterocycles. The summed E-state index contributed by atoms with van der Waals surface area (Å²) in [6, 6.07) is 6.85. The van der Waals surface area contributed by atoms with Crippen LogP contribution >= 0.6 is 0 Å². The minimum atomic E-state index is -2.00. The molecule has 1 atom stereocenters. The highest BCUT2D eigenvalue weighted by atomic mass is 28.4. The van der Waals surface area contributed by atoms with Crippen LogP contribution in [0.15, 0.2) is 41.2 Å². The van der Waals surface area contributed by atoms with Gasteiger partial charge in [0.2, 0.25) is 8.32 Å². The quantitative estimate of drug-likeness (QED) is 0.318. The van der Waals surface area contributed by atoms with Gasteiger partial charge in [0.15, 0.2) is 0 Å². The third-order valence-corrected chi connectivity index (χ3v) is 11.7. The van der Waals surface area contributed by atoms with Gasteiger partial charge in [-0.05, 0) is 56.6 Å². The van der Waals surface area contributed by atoms with Crippen molar-refractivity contribution >= 4 is 25.9 Å². The van der Waals surface area contributed by atoms with E-state index in [1.54, 1.807) is 22.7 Å². The van der Waals surface area contributed by atoms with Gasteiger partial charge in [-0.1, -0.05) is 38.1 Å². The average Bonchev–Trinajstić information content (AvgIpc) is 3.43. The molecule has 0 spiro atoms. The largest absolute Gasteiger partial charge is 0.543 e. The molecule has 0 bridgehead atoms. The second-order valence-corrected chi connectivity index (χ2v) is 15.7. The molecule has 10 heteroatoms. The predicted octanol–water partition coefficient (Wildman–Crippen LogP) is 5.28. The highest BCUT2D eigenvalue weighted by molar-refractivity contribution is 6.74. The van der Waals surface area contributed by atoms with Gasteiger partial charge >= 0.3 is 6.03 Å². The van der Waals surface area contributed by atoms with Gasteiger partial charge in [0.1, 0.15) is 17.6 Å². The summed E-state index contributed by atoms with van der Waals surface area (Å²) in [4.78, 5) is 29.2. The van der Waals surface area contributed by atoms with Crippen molar-refractivity contribution in [2.24, 2.45) is 0 Å². The summed E-state index contributed by atoms with van der Waals surface area (Å²) in [6.45, 7) is 17.2. The number of urea groups is 1. The van der Waals surface area contributed by atoms with E-state index < -0.39 is 14.4 Å². The number of aromatic nitrogens is 3. The second kappa shape index (κ2) is 9.23. The summed E-state index contributed by atoms with van der Waals surface area (Å²) in [5.74, 6) is 1.24. The van der Waals surface area contributed by atoms with Crippen molar-refractivity contribution in [1.82, 2.24) is 19.8 Å². The number of carbonyl (C=O) groups excluding carboxylic acids is 2. The first-order chi connectivity index (χ1) is 16.8. The van der Waals surface area contributed by atoms with Gasteiger partial charge in [-0.2, -0.15) is 5.10 Å². The van der Waals surface area contributed by atoms with Crippen LogP contribution in [0.3, 0.4) is 0 Å². The fourth-order valence-corrected chi connectivity index (χ4v) is 4.97. The number of benzene rings is 1. The molecular formula is C26H35N5O4Si. The minimum absolute atomic E-state index is 0.0747. The Kier molecular flexibility index (Phi) is 6.59. The smallest absolute Gasteiger partial charge is 0.332 e. The molecule has 0 N–H and O–H groups in total. The van der Waals surface area contributed by atoms with Crippen LogP contribution in [0.1, 0.15) is 50.3 Å². The average molecular weight is 510 g/mol. The lowest BCUT2D eigenvalue weighted by Gasteiger charge is -2.36. The van der Waals surface area contributed by atoms with Crippen molar-refractivity contribution in [2.75, 3.05) is 4.90 Å². The highest BCUT2D eigenvalue weighted by Gasteiger charge is 2.44. The number of hydrogen-bond acceptors (Lipinski definition) is 6. The third-order valence-electron chi connectivity index (χ3n) is 7.29. The molecule has 1 unspecified atom stereocenters. The Morgan fingerprint density at radius 1 is 1.14 bits per heavy atom. The molecule has 4 rings (SSSR count). The van der Waals surface area contributed by atoms with Gasteiger partial charge in [-0.25, -0.2) is 9.69 Å². The Morgan fingerprint density at radius 3 is 2.50 bits per heavy atom. The molecule has 36 heavy (non-hydrogen) atoms. The van der Waals surface area contributed by atoms with Crippen LogP contribution in [-0.2, 0) is 17.9 Å². The van der Waals surface area contributed by atoms with Crippen molar-refractivity contribution < 1.29 is 18.5 Å². The molecule has 1 aromatic carbocycles. The van der Waals surface area contributed by atoms with Gasteiger partial charge in [-0.15, -0.1) is 0 Å². The Morgan fingerprint density at radius 2 is 1.86 bits per heavy atom. The van der Waals surface area contributed by atoms with E-state index >= 15 is 0 Å². The van der Waals surface area contributed by atoms with Gasteiger partial charge < -0.3 is 13.8 Å². The second-order valence-electron chi connectivity index (χ2n) is 11.0. The van der Waals surface area contributed by atoms with E-state index in [4.69, 9.17) is 8.95 Å². The number of imide groups is 1. The fraction of sp³-hybridized carbons (Fsp3) is 0.462. The molecule has 0 radical (unpaired) electrons. The molecule has 0 saturated carbocycles. The van der Waals surface area contributed by atoms with Gasteiger partial charge in [0.05, 0.1) is 24.1 Å². The number of aryl methyl sites for hydroxylation is 2. The predicted molar refractivity (Wildman–Crippen MR) is 139 cm³/mol. The van der Waals surface area contributed by atoms with Crippen molar-refractivity contribution in [3.05, 3.63) is 59.2 Å². The summed E-state index contributed by atoms with van der Waals surface area (Å²) in [5.41, 5.74) is 3.08. The zero-order valence-corrected chi connectivity index (χ0v) is 23.3. The van der Waals surface area contributed by atoms with Crippen molar-refractivity contribution in [2.45, 2.75) is 78.8 Å². The maximum absolute atomic E-state index is 13.4. The van der Waals surface area contributed by atoms with Crippen LogP contribution in [0.25, 0.3) is 0 Å². The standard InChI is InChI=1S/C26H35N5O4Si/c1-17-23(19(3)34-28-17)16-29-15-21(13-27-29)31-24(32)18(2)30(25(31)33)14-20-10-9-11-22(12-20)35-36(7,8)26(4,5)6/h9-13,15,18H,14,16H2,1-8H3. The van der Waals surface area contributed by atoms with Crippen LogP contribution < -0.4 is 9.33 Å². The monoisotopic (exact) mass is 509 g/mol. The lowest BCUT2D eigenvalue weighted by atomic mass is 10.2. The number of rotatable bonds is 7.